The summed E-state index contributed by atoms with van der Waals surface area (Å²) < 4.78 is 26.7. The molecule has 0 aromatic carbocycles. The molecule has 3 N–H and O–H groups in total. The molecule has 2 atom stereocenters. The highest BCUT2D eigenvalue weighted by Gasteiger charge is 2.33. The number of rotatable bonds is 3. The maximum Gasteiger partial charge on any atom is 0.244 e. The Balaban J connectivity index is 2.29. The van der Waals surface area contributed by atoms with Crippen LogP contribution in [0.15, 0.2) is 23.2 Å². The van der Waals surface area contributed by atoms with E-state index in [1.807, 2.05) is 6.92 Å². The first kappa shape index (κ1) is 14.2. The van der Waals surface area contributed by atoms with E-state index in [0.717, 1.165) is 12.8 Å². The zero-order valence-corrected chi connectivity index (χ0v) is 12.0. The van der Waals surface area contributed by atoms with Gasteiger partial charge in [-0.2, -0.15) is 4.31 Å². The van der Waals surface area contributed by atoms with Crippen LogP contribution >= 0.6 is 0 Å². The molecule has 106 valence electrons. The Morgan fingerprint density at radius 3 is 2.68 bits per heavy atom. The Morgan fingerprint density at radius 1 is 1.37 bits per heavy atom. The second-order valence-electron chi connectivity index (χ2n) is 5.13. The highest BCUT2D eigenvalue weighted by molar-refractivity contribution is 7.89. The van der Waals surface area contributed by atoms with Gasteiger partial charge in [-0.05, 0) is 37.8 Å². The fourth-order valence-corrected chi connectivity index (χ4v) is 4.06. The summed E-state index contributed by atoms with van der Waals surface area (Å²) in [7, 11) is -3.47. The van der Waals surface area contributed by atoms with Gasteiger partial charge in [0.05, 0.1) is 0 Å². The van der Waals surface area contributed by atoms with Crippen LogP contribution in [-0.2, 0) is 10.0 Å². The molecule has 0 aliphatic carbocycles. The van der Waals surface area contributed by atoms with Gasteiger partial charge in [-0.15, -0.1) is 0 Å². The van der Waals surface area contributed by atoms with Crippen molar-refractivity contribution < 1.29 is 8.42 Å². The highest BCUT2D eigenvalue weighted by Crippen LogP contribution is 2.27. The van der Waals surface area contributed by atoms with Crippen LogP contribution in [0.25, 0.3) is 0 Å². The third kappa shape index (κ3) is 2.88. The molecule has 2 rings (SSSR count). The number of nitrogens with one attached hydrogen (secondary N) is 1. The van der Waals surface area contributed by atoms with Gasteiger partial charge in [0.1, 0.15) is 10.7 Å². The lowest BCUT2D eigenvalue weighted by Gasteiger charge is -2.35. The minimum Gasteiger partial charge on any atom is -0.308 e. The molecule has 19 heavy (non-hydrogen) atoms. The molecular formula is C12H20N4O2S. The first-order valence-electron chi connectivity index (χ1n) is 6.39. The molecule has 0 spiro atoms. The average molecular weight is 284 g/mol. The predicted octanol–water partition coefficient (Wildman–Crippen LogP) is 1.18. The van der Waals surface area contributed by atoms with Gasteiger partial charge in [-0.3, -0.25) is 0 Å². The van der Waals surface area contributed by atoms with E-state index in [1.165, 1.54) is 12.3 Å². The number of hydrazine groups is 1. The molecule has 7 heteroatoms. The van der Waals surface area contributed by atoms with Crippen molar-refractivity contribution >= 4 is 15.8 Å². The molecule has 1 aliphatic rings. The number of aromatic nitrogens is 1. The van der Waals surface area contributed by atoms with Crippen molar-refractivity contribution in [3.63, 3.8) is 0 Å². The summed E-state index contributed by atoms with van der Waals surface area (Å²) >= 11 is 0. The van der Waals surface area contributed by atoms with Crippen LogP contribution in [0.1, 0.15) is 26.7 Å². The lowest BCUT2D eigenvalue weighted by atomic mass is 9.97. The van der Waals surface area contributed by atoms with Crippen LogP contribution in [-0.4, -0.2) is 30.3 Å². The van der Waals surface area contributed by atoms with Crippen molar-refractivity contribution in [1.29, 1.82) is 0 Å². The molecule has 0 radical (unpaired) electrons. The van der Waals surface area contributed by atoms with Crippen molar-refractivity contribution in [3.8, 4) is 0 Å². The lowest BCUT2D eigenvalue weighted by molar-refractivity contribution is 0.218. The van der Waals surface area contributed by atoms with E-state index in [0.29, 0.717) is 18.3 Å². The topological polar surface area (TPSA) is 88.3 Å². The minimum atomic E-state index is -3.47. The molecule has 1 saturated heterocycles. The number of hydrogen-bond donors (Lipinski definition) is 2. The summed E-state index contributed by atoms with van der Waals surface area (Å²) in [5, 5.41) is 0. The summed E-state index contributed by atoms with van der Waals surface area (Å²) in [6.45, 7) is 4.60. The van der Waals surface area contributed by atoms with E-state index in [1.54, 1.807) is 10.4 Å². The smallest absolute Gasteiger partial charge is 0.244 e. The number of hydrogen-bond acceptors (Lipinski definition) is 5. The molecule has 0 saturated carbocycles. The van der Waals surface area contributed by atoms with Gasteiger partial charge in [0.2, 0.25) is 10.0 Å². The van der Waals surface area contributed by atoms with Crippen molar-refractivity contribution in [2.75, 3.05) is 12.0 Å². The summed E-state index contributed by atoms with van der Waals surface area (Å²) in [6, 6.07) is 3.13. The molecule has 6 nitrogen and oxygen atoms in total. The van der Waals surface area contributed by atoms with Gasteiger partial charge in [-0.25, -0.2) is 19.2 Å². The van der Waals surface area contributed by atoms with Crippen LogP contribution in [0.2, 0.25) is 0 Å². The van der Waals surface area contributed by atoms with Crippen molar-refractivity contribution in [3.05, 3.63) is 18.3 Å². The Kier molecular flexibility index (Phi) is 4.07. The first-order valence-corrected chi connectivity index (χ1v) is 7.83. The quantitative estimate of drug-likeness (QED) is 0.642. The Labute approximate surface area is 114 Å². The van der Waals surface area contributed by atoms with Crippen LogP contribution in [0, 0.1) is 5.92 Å². The number of nitrogen functional groups attached to an aromatic ring is 1. The normalized spacial score (nSPS) is 25.2. The van der Waals surface area contributed by atoms with Gasteiger partial charge < -0.3 is 5.43 Å². The second-order valence-corrected chi connectivity index (χ2v) is 7.02. The first-order chi connectivity index (χ1) is 8.95. The maximum atomic E-state index is 12.6. The van der Waals surface area contributed by atoms with Crippen molar-refractivity contribution in [2.45, 2.75) is 37.6 Å². The molecule has 2 unspecified atom stereocenters. The number of pyridine rings is 1. The van der Waals surface area contributed by atoms with E-state index >= 15 is 0 Å². The van der Waals surface area contributed by atoms with Gasteiger partial charge in [0.15, 0.2) is 0 Å². The number of piperidine rings is 1. The largest absolute Gasteiger partial charge is 0.308 e. The van der Waals surface area contributed by atoms with Crippen molar-refractivity contribution in [2.24, 2.45) is 11.8 Å². The molecule has 0 amide bonds. The zero-order valence-electron chi connectivity index (χ0n) is 11.2. The molecule has 1 aromatic heterocycles. The van der Waals surface area contributed by atoms with E-state index in [9.17, 15) is 8.42 Å². The number of nitrogens with zero attached hydrogens (tertiary/aromatic N) is 2. The van der Waals surface area contributed by atoms with Crippen LogP contribution < -0.4 is 11.3 Å². The highest BCUT2D eigenvalue weighted by atomic mass is 32.2. The third-order valence-electron chi connectivity index (χ3n) is 3.55. The van der Waals surface area contributed by atoms with Crippen LogP contribution in [0.5, 0.6) is 0 Å². The fraction of sp³-hybridized carbons (Fsp3) is 0.583. The minimum absolute atomic E-state index is 0.0357. The summed E-state index contributed by atoms with van der Waals surface area (Å²) in [4.78, 5) is 4.18. The number of anilines is 1. The summed E-state index contributed by atoms with van der Waals surface area (Å²) in [6.07, 6.45) is 3.31. The zero-order chi connectivity index (χ0) is 14.0. The van der Waals surface area contributed by atoms with Crippen LogP contribution in [0.4, 0.5) is 5.82 Å². The maximum absolute atomic E-state index is 12.6. The molecular weight excluding hydrogens is 264 g/mol. The van der Waals surface area contributed by atoms with Crippen LogP contribution in [0.3, 0.4) is 0 Å². The number of sulfonamides is 1. The fourth-order valence-electron chi connectivity index (χ4n) is 2.34. The van der Waals surface area contributed by atoms with E-state index in [2.05, 4.69) is 17.3 Å². The molecule has 0 bridgehead atoms. The van der Waals surface area contributed by atoms with Gasteiger partial charge >= 0.3 is 0 Å². The standard InChI is InChI=1S/C12H20N4O2S/c1-9-3-4-10(2)16(8-9)19(17,18)11-5-6-12(15-13)14-7-11/h5-7,9-10H,3-4,8,13H2,1-2H3,(H,14,15). The Hall–Kier alpha value is -1.18. The Bertz CT molecular complexity index is 529. The molecule has 1 aromatic rings. The number of nitrogens with two attached hydrogens (primary N) is 1. The van der Waals surface area contributed by atoms with E-state index in [-0.39, 0.29) is 10.9 Å². The monoisotopic (exact) mass is 284 g/mol. The summed E-state index contributed by atoms with van der Waals surface area (Å²) in [5.74, 6) is 6.06. The molecule has 1 aliphatic heterocycles. The van der Waals surface area contributed by atoms with Gasteiger partial charge in [0, 0.05) is 18.8 Å². The van der Waals surface area contributed by atoms with Gasteiger partial charge in [-0.1, -0.05) is 6.92 Å². The van der Waals surface area contributed by atoms with E-state index < -0.39 is 10.0 Å². The SMILES string of the molecule is CC1CCC(C)N(S(=O)(=O)c2ccc(NN)nc2)C1. The second kappa shape index (κ2) is 5.44. The predicted molar refractivity (Wildman–Crippen MR) is 73.8 cm³/mol. The Morgan fingerprint density at radius 2 is 2.11 bits per heavy atom. The third-order valence-corrected chi connectivity index (χ3v) is 5.51. The summed E-state index contributed by atoms with van der Waals surface area (Å²) in [5.41, 5.74) is 2.38. The van der Waals surface area contributed by atoms with E-state index in [4.69, 9.17) is 5.84 Å². The lowest BCUT2D eigenvalue weighted by Crippen LogP contribution is -2.44. The molecule has 1 fully saturated rings. The molecule has 2 heterocycles. The van der Waals surface area contributed by atoms with Crippen molar-refractivity contribution in [1.82, 2.24) is 9.29 Å². The average Bonchev–Trinajstić information content (AvgIpc) is 2.41. The van der Waals surface area contributed by atoms with Gasteiger partial charge in [0.25, 0.3) is 0 Å².